The van der Waals surface area contributed by atoms with Gasteiger partial charge in [-0.1, -0.05) is 60.1 Å². The van der Waals surface area contributed by atoms with Crippen molar-refractivity contribution >= 4 is 31.5 Å². The van der Waals surface area contributed by atoms with Crippen molar-refractivity contribution in [1.29, 1.82) is 0 Å². The van der Waals surface area contributed by atoms with E-state index in [0.29, 0.717) is 13.0 Å². The molecule has 252 valence electrons. The molecule has 1 fully saturated rings. The summed E-state index contributed by atoms with van der Waals surface area (Å²) < 4.78 is 18.7. The van der Waals surface area contributed by atoms with Crippen molar-refractivity contribution in [3.05, 3.63) is 33.3 Å². The number of rotatable bonds is 15. The number of aryl methyl sites for hydroxylation is 1. The number of aliphatic hydroxyl groups is 1. The molecule has 1 aromatic rings. The molecule has 5 atom stereocenters. The molecule has 0 saturated carbocycles. The molecule has 1 aromatic heterocycles. The first kappa shape index (κ1) is 39.0. The van der Waals surface area contributed by atoms with E-state index in [-0.39, 0.29) is 28.9 Å². The summed E-state index contributed by atoms with van der Waals surface area (Å²) >= 11 is 1.67. The second-order valence-electron chi connectivity index (χ2n) is 15.7. The number of thiazole rings is 1. The predicted octanol–water partition coefficient (Wildman–Crippen LogP) is 9.52. The fourth-order valence-electron chi connectivity index (χ4n) is 5.66. The summed E-state index contributed by atoms with van der Waals surface area (Å²) in [5, 5.41) is 14.5. The van der Waals surface area contributed by atoms with Gasteiger partial charge in [0, 0.05) is 11.3 Å². The van der Waals surface area contributed by atoms with Crippen molar-refractivity contribution in [3.8, 4) is 0 Å². The highest BCUT2D eigenvalue weighted by molar-refractivity contribution is 7.09. The molecule has 0 spiro atoms. The van der Waals surface area contributed by atoms with Crippen LogP contribution in [-0.2, 0) is 18.7 Å². The van der Waals surface area contributed by atoms with Crippen molar-refractivity contribution in [3.63, 3.8) is 0 Å². The number of ketones is 1. The van der Waals surface area contributed by atoms with Gasteiger partial charge in [-0.15, -0.1) is 11.3 Å². The zero-order chi connectivity index (χ0) is 33.7. The van der Waals surface area contributed by atoms with E-state index in [0.717, 1.165) is 36.4 Å². The number of Topliss-reactive ketones (excluding diaryl/α,β-unsaturated/α-hetero) is 1. The van der Waals surface area contributed by atoms with Gasteiger partial charge in [0.05, 0.1) is 41.0 Å². The van der Waals surface area contributed by atoms with E-state index in [1.807, 2.05) is 41.5 Å². The van der Waals surface area contributed by atoms with Crippen LogP contribution in [0.5, 0.6) is 0 Å². The maximum atomic E-state index is 13.6. The summed E-state index contributed by atoms with van der Waals surface area (Å²) in [5.41, 5.74) is 2.84. The number of aliphatic hydroxyl groups excluding tert-OH is 1. The molecular weight excluding hydrogens is 587 g/mol. The van der Waals surface area contributed by atoms with Gasteiger partial charge < -0.3 is 19.0 Å². The highest BCUT2D eigenvalue weighted by Crippen LogP contribution is 2.39. The van der Waals surface area contributed by atoms with Gasteiger partial charge in [-0.25, -0.2) is 4.98 Å². The van der Waals surface area contributed by atoms with Gasteiger partial charge in [0.1, 0.15) is 5.78 Å². The van der Waals surface area contributed by atoms with Gasteiger partial charge in [-0.05, 0) is 102 Å². The van der Waals surface area contributed by atoms with Crippen molar-refractivity contribution in [2.24, 2.45) is 17.3 Å². The molecule has 0 amide bonds. The second-order valence-corrected chi connectivity index (χ2v) is 21.5. The van der Waals surface area contributed by atoms with Crippen LogP contribution in [0.1, 0.15) is 119 Å². The van der Waals surface area contributed by atoms with Gasteiger partial charge >= 0.3 is 0 Å². The fourth-order valence-corrected chi connectivity index (χ4v) is 7.58. The Morgan fingerprint density at radius 3 is 2.41 bits per heavy atom. The molecule has 8 heteroatoms. The molecule has 0 unspecified atom stereocenters. The molecule has 2 rings (SSSR count). The predicted molar refractivity (Wildman–Crippen MR) is 187 cm³/mol. The van der Waals surface area contributed by atoms with Crippen LogP contribution >= 0.6 is 11.3 Å². The van der Waals surface area contributed by atoms with Gasteiger partial charge in [0.2, 0.25) is 0 Å². The van der Waals surface area contributed by atoms with Crippen LogP contribution in [-0.4, -0.2) is 54.9 Å². The van der Waals surface area contributed by atoms with Gasteiger partial charge in [-0.3, -0.25) is 4.79 Å². The molecule has 0 radical (unpaired) electrons. The average molecular weight is 650 g/mol. The first-order valence-electron chi connectivity index (χ1n) is 16.6. The van der Waals surface area contributed by atoms with E-state index >= 15 is 0 Å². The van der Waals surface area contributed by atoms with Crippen molar-refractivity contribution in [2.45, 2.75) is 157 Å². The number of ether oxygens (including phenoxy) is 2. The van der Waals surface area contributed by atoms with Crippen LogP contribution < -0.4 is 0 Å². The van der Waals surface area contributed by atoms with E-state index in [1.165, 1.54) is 11.1 Å². The summed E-state index contributed by atoms with van der Waals surface area (Å²) in [6.45, 7) is 30.0. The van der Waals surface area contributed by atoms with E-state index in [2.05, 4.69) is 77.2 Å². The number of nitrogens with zero attached hydrogens (tertiary/aromatic N) is 1. The average Bonchev–Trinajstić information content (AvgIpc) is 3.32. The zero-order valence-electron chi connectivity index (χ0n) is 30.3. The van der Waals surface area contributed by atoms with Gasteiger partial charge in [0.15, 0.2) is 14.1 Å². The smallest absolute Gasteiger partial charge is 0.192 e. The van der Waals surface area contributed by atoms with Gasteiger partial charge in [0.25, 0.3) is 0 Å². The lowest BCUT2D eigenvalue weighted by Gasteiger charge is -2.44. The lowest BCUT2D eigenvalue weighted by molar-refractivity contribution is -0.289. The fraction of sp³-hybridized carbons (Fsp3) is 0.778. The van der Waals surface area contributed by atoms with Crippen molar-refractivity contribution in [2.75, 3.05) is 6.61 Å². The summed E-state index contributed by atoms with van der Waals surface area (Å²) in [5.74, 6) is -1.09. The van der Waals surface area contributed by atoms with E-state index in [9.17, 15) is 9.90 Å². The number of hydrogen-bond acceptors (Lipinski definition) is 7. The molecule has 1 aliphatic heterocycles. The summed E-state index contributed by atoms with van der Waals surface area (Å²) in [6.07, 6.45) is 7.86. The maximum absolute atomic E-state index is 13.6. The number of hydrogen-bond donors (Lipinski definition) is 1. The minimum Gasteiger partial charge on any atom is -0.410 e. The van der Waals surface area contributed by atoms with Crippen LogP contribution in [0, 0.1) is 24.2 Å². The van der Waals surface area contributed by atoms with Crippen molar-refractivity contribution in [1.82, 2.24) is 4.98 Å². The monoisotopic (exact) mass is 649 g/mol. The van der Waals surface area contributed by atoms with E-state index < -0.39 is 31.5 Å². The Bertz CT molecular complexity index is 1150. The third-order valence-electron chi connectivity index (χ3n) is 9.88. The number of carbonyl (C=O) groups is 1. The first-order valence-corrected chi connectivity index (χ1v) is 20.3. The quantitative estimate of drug-likeness (QED) is 0.151. The highest BCUT2D eigenvalue weighted by Gasteiger charge is 2.46. The van der Waals surface area contributed by atoms with Crippen molar-refractivity contribution < 1.29 is 23.8 Å². The number of carbonyl (C=O) groups excluding carboxylic acids is 1. The molecule has 0 aromatic carbocycles. The van der Waals surface area contributed by atoms with E-state index in [1.54, 1.807) is 11.3 Å². The number of allylic oxidation sites excluding steroid dienone is 1. The SMILES string of the molecule is C/C(=C/C[C@H](O[Si](C)(C)C(C)(C)C)/C(C)=C/c1csc(C)n1)CCC[C@H](C)[C@H](O)[C@@H](C)C(=O)C(C)(C)[C@@H]1CCOC(C)(C)O1. The largest absolute Gasteiger partial charge is 0.410 e. The lowest BCUT2D eigenvalue weighted by atomic mass is 9.72. The van der Waals surface area contributed by atoms with Gasteiger partial charge in [-0.2, -0.15) is 0 Å². The topological polar surface area (TPSA) is 77.9 Å². The summed E-state index contributed by atoms with van der Waals surface area (Å²) in [4.78, 5) is 18.2. The van der Waals surface area contributed by atoms with Crippen LogP contribution in [0.3, 0.4) is 0 Å². The third kappa shape index (κ3) is 11.0. The maximum Gasteiger partial charge on any atom is 0.192 e. The standard InChI is InChI=1S/C36H63NO5SSi/c1-24(18-19-30(42-44(13,14)34(6,7)8)26(3)22-29-23-43-28(5)37-29)16-15-17-25(2)32(38)27(4)33(39)35(9,10)31-20-21-40-36(11,12)41-31/h18,22-23,25,27,30-32,38H,15-17,19-21H2,1-14H3/b24-18-,26-22+/t25-,27+,30-,31-,32-/m0/s1. The second kappa shape index (κ2) is 15.6. The Kier molecular flexibility index (Phi) is 13.8. The molecule has 1 aliphatic rings. The van der Waals surface area contributed by atoms with Crippen LogP contribution in [0.2, 0.25) is 18.1 Å². The molecular formula is C36H63NO5SSi. The Balaban J connectivity index is 2.00. The minimum atomic E-state index is -1.98. The molecule has 0 aliphatic carbocycles. The molecule has 44 heavy (non-hydrogen) atoms. The minimum absolute atomic E-state index is 0.00842. The van der Waals surface area contributed by atoms with Crippen LogP contribution in [0.4, 0.5) is 0 Å². The first-order chi connectivity index (χ1) is 20.1. The molecule has 1 saturated heterocycles. The molecule has 0 bridgehead atoms. The molecule has 6 nitrogen and oxygen atoms in total. The van der Waals surface area contributed by atoms with Crippen LogP contribution in [0.25, 0.3) is 6.08 Å². The Morgan fingerprint density at radius 1 is 1.23 bits per heavy atom. The third-order valence-corrected chi connectivity index (χ3v) is 15.2. The van der Waals surface area contributed by atoms with Crippen LogP contribution in [0.15, 0.2) is 22.6 Å². The summed E-state index contributed by atoms with van der Waals surface area (Å²) in [6, 6.07) is 0. The molecule has 2 heterocycles. The highest BCUT2D eigenvalue weighted by atomic mass is 32.1. The molecule has 1 N–H and O–H groups in total. The Morgan fingerprint density at radius 2 is 1.86 bits per heavy atom. The number of aromatic nitrogens is 1. The van der Waals surface area contributed by atoms with E-state index in [4.69, 9.17) is 13.9 Å². The summed E-state index contributed by atoms with van der Waals surface area (Å²) in [7, 11) is -1.98. The Labute approximate surface area is 274 Å². The Hall–Kier alpha value is -1.16. The zero-order valence-corrected chi connectivity index (χ0v) is 32.1. The normalized spacial score (nSPS) is 21.6. The lowest BCUT2D eigenvalue weighted by Crippen LogP contribution is -2.51.